The summed E-state index contributed by atoms with van der Waals surface area (Å²) < 4.78 is 0. The van der Waals surface area contributed by atoms with E-state index in [-0.39, 0.29) is 0 Å². The molecule has 1 aromatic rings. The van der Waals surface area contributed by atoms with Crippen molar-refractivity contribution in [1.82, 2.24) is 0 Å². The number of benzene rings is 1. The Kier molecular flexibility index (Phi) is 3.68. The number of hydrogen-bond acceptors (Lipinski definition) is 1. The Balaban J connectivity index is 2.32. The van der Waals surface area contributed by atoms with Gasteiger partial charge in [-0.1, -0.05) is 43.5 Å². The minimum Gasteiger partial charge on any atom is -0.385 e. The molecule has 1 aromatic carbocycles. The normalized spacial score (nSPS) is 20.3. The van der Waals surface area contributed by atoms with Crippen molar-refractivity contribution in [3.63, 3.8) is 0 Å². The van der Waals surface area contributed by atoms with Crippen molar-refractivity contribution >= 4 is 5.57 Å². The zero-order valence-electron chi connectivity index (χ0n) is 10.9. The van der Waals surface area contributed by atoms with Gasteiger partial charge in [-0.05, 0) is 49.5 Å². The van der Waals surface area contributed by atoms with Crippen LogP contribution >= 0.6 is 0 Å². The van der Waals surface area contributed by atoms with Gasteiger partial charge < -0.3 is 5.11 Å². The third-order valence-corrected chi connectivity index (χ3v) is 3.97. The maximum atomic E-state index is 10.7. The molecule has 0 spiro atoms. The van der Waals surface area contributed by atoms with E-state index in [4.69, 9.17) is 0 Å². The Bertz CT molecular complexity index is 411. The molecule has 1 saturated carbocycles. The zero-order chi connectivity index (χ0) is 12.3. The molecule has 0 amide bonds. The first kappa shape index (κ1) is 12.4. The third-order valence-electron chi connectivity index (χ3n) is 3.97. The predicted octanol–water partition coefficient (Wildman–Crippen LogP) is 4.26. The van der Waals surface area contributed by atoms with Gasteiger partial charge in [0.15, 0.2) is 0 Å². The second-order valence-corrected chi connectivity index (χ2v) is 5.14. The lowest BCUT2D eigenvalue weighted by Crippen LogP contribution is -2.28. The molecule has 1 aliphatic rings. The quantitative estimate of drug-likeness (QED) is 0.804. The second-order valence-electron chi connectivity index (χ2n) is 5.14. The van der Waals surface area contributed by atoms with Crippen LogP contribution in [-0.2, 0) is 5.60 Å². The fourth-order valence-corrected chi connectivity index (χ4v) is 2.65. The summed E-state index contributed by atoms with van der Waals surface area (Å²) in [4.78, 5) is 0. The summed E-state index contributed by atoms with van der Waals surface area (Å²) in [6.07, 6.45) is 7.48. The number of hydrogen-bond donors (Lipinski definition) is 1. The summed E-state index contributed by atoms with van der Waals surface area (Å²) in [5.74, 6) is 0. The van der Waals surface area contributed by atoms with E-state index in [0.717, 1.165) is 31.2 Å². The zero-order valence-corrected chi connectivity index (χ0v) is 10.9. The van der Waals surface area contributed by atoms with Crippen LogP contribution in [-0.4, -0.2) is 5.11 Å². The van der Waals surface area contributed by atoms with Crippen LogP contribution in [0.15, 0.2) is 30.3 Å². The van der Waals surface area contributed by atoms with Crippen LogP contribution in [0.5, 0.6) is 0 Å². The molecule has 1 nitrogen and oxygen atoms in total. The predicted molar refractivity (Wildman–Crippen MR) is 72.7 cm³/mol. The molecule has 0 aliphatic heterocycles. The highest BCUT2D eigenvalue weighted by Gasteiger charge is 2.31. The Morgan fingerprint density at radius 2 is 1.94 bits per heavy atom. The van der Waals surface area contributed by atoms with Crippen molar-refractivity contribution in [2.45, 2.75) is 51.6 Å². The average molecular weight is 230 g/mol. The molecule has 0 atom stereocenters. The molecule has 1 heteroatoms. The molecule has 0 unspecified atom stereocenters. The van der Waals surface area contributed by atoms with Crippen LogP contribution in [0.25, 0.3) is 5.57 Å². The largest absolute Gasteiger partial charge is 0.385 e. The van der Waals surface area contributed by atoms with Crippen LogP contribution in [0.4, 0.5) is 0 Å². The summed E-state index contributed by atoms with van der Waals surface area (Å²) in [5.41, 5.74) is 3.01. The summed E-state index contributed by atoms with van der Waals surface area (Å²) in [6, 6.07) is 8.40. The van der Waals surface area contributed by atoms with Crippen molar-refractivity contribution in [2.75, 3.05) is 0 Å². The molecule has 92 valence electrons. The van der Waals surface area contributed by atoms with Crippen molar-refractivity contribution in [1.29, 1.82) is 0 Å². The molecule has 1 fully saturated rings. The number of allylic oxidation sites excluding steroid dienone is 2. The minimum absolute atomic E-state index is 0.581. The summed E-state index contributed by atoms with van der Waals surface area (Å²) in [7, 11) is 0. The molecule has 0 bridgehead atoms. The van der Waals surface area contributed by atoms with Gasteiger partial charge in [0, 0.05) is 0 Å². The lowest BCUT2D eigenvalue weighted by atomic mass is 9.79. The summed E-state index contributed by atoms with van der Waals surface area (Å²) in [5, 5.41) is 10.7. The van der Waals surface area contributed by atoms with E-state index in [2.05, 4.69) is 44.2 Å². The maximum absolute atomic E-state index is 10.7. The van der Waals surface area contributed by atoms with Gasteiger partial charge in [-0.25, -0.2) is 0 Å². The molecule has 0 radical (unpaired) electrons. The van der Waals surface area contributed by atoms with Gasteiger partial charge in [-0.3, -0.25) is 0 Å². The smallest absolute Gasteiger partial charge is 0.0896 e. The van der Waals surface area contributed by atoms with E-state index in [1.54, 1.807) is 0 Å². The van der Waals surface area contributed by atoms with Crippen LogP contribution in [0.2, 0.25) is 0 Å². The SMILES string of the molecule is C/C=C(/C)c1cccc(C2(O)CCCCC2)c1. The fourth-order valence-electron chi connectivity index (χ4n) is 2.65. The fraction of sp³-hybridized carbons (Fsp3) is 0.500. The van der Waals surface area contributed by atoms with Gasteiger partial charge in [0.2, 0.25) is 0 Å². The summed E-state index contributed by atoms with van der Waals surface area (Å²) >= 11 is 0. The second kappa shape index (κ2) is 5.05. The van der Waals surface area contributed by atoms with E-state index in [9.17, 15) is 5.11 Å². The van der Waals surface area contributed by atoms with Gasteiger partial charge in [0.1, 0.15) is 0 Å². The van der Waals surface area contributed by atoms with Crippen molar-refractivity contribution in [3.05, 3.63) is 41.5 Å². The highest BCUT2D eigenvalue weighted by Crippen LogP contribution is 2.37. The molecular weight excluding hydrogens is 208 g/mol. The lowest BCUT2D eigenvalue weighted by molar-refractivity contribution is -0.000642. The van der Waals surface area contributed by atoms with E-state index in [1.807, 2.05) is 0 Å². The molecule has 1 N–H and O–H groups in total. The Morgan fingerprint density at radius 3 is 2.59 bits per heavy atom. The van der Waals surface area contributed by atoms with Crippen molar-refractivity contribution in [3.8, 4) is 0 Å². The molecule has 17 heavy (non-hydrogen) atoms. The molecule has 1 aliphatic carbocycles. The highest BCUT2D eigenvalue weighted by atomic mass is 16.3. The molecule has 0 heterocycles. The average Bonchev–Trinajstić information content (AvgIpc) is 2.39. The Hall–Kier alpha value is -1.08. The van der Waals surface area contributed by atoms with Crippen LogP contribution in [0.3, 0.4) is 0 Å². The Morgan fingerprint density at radius 1 is 1.24 bits per heavy atom. The first-order valence-electron chi connectivity index (χ1n) is 6.62. The monoisotopic (exact) mass is 230 g/mol. The first-order chi connectivity index (χ1) is 8.15. The van der Waals surface area contributed by atoms with E-state index in [0.29, 0.717) is 0 Å². The van der Waals surface area contributed by atoms with E-state index < -0.39 is 5.60 Å². The van der Waals surface area contributed by atoms with Gasteiger partial charge in [-0.2, -0.15) is 0 Å². The highest BCUT2D eigenvalue weighted by molar-refractivity contribution is 5.64. The minimum atomic E-state index is -0.581. The standard InChI is InChI=1S/C16H22O/c1-3-13(2)14-8-7-9-15(12-14)16(17)10-5-4-6-11-16/h3,7-9,12,17H,4-6,10-11H2,1-2H3/b13-3-. The number of aliphatic hydroxyl groups is 1. The van der Waals surface area contributed by atoms with Gasteiger partial charge in [-0.15, -0.1) is 0 Å². The van der Waals surface area contributed by atoms with Gasteiger partial charge >= 0.3 is 0 Å². The topological polar surface area (TPSA) is 20.2 Å². The van der Waals surface area contributed by atoms with Crippen LogP contribution in [0.1, 0.15) is 57.1 Å². The van der Waals surface area contributed by atoms with Gasteiger partial charge in [0.25, 0.3) is 0 Å². The van der Waals surface area contributed by atoms with Crippen LogP contribution < -0.4 is 0 Å². The molecule has 0 aromatic heterocycles. The molecule has 2 rings (SSSR count). The number of rotatable bonds is 2. The Labute approximate surface area is 104 Å². The van der Waals surface area contributed by atoms with Crippen molar-refractivity contribution in [2.24, 2.45) is 0 Å². The molecular formula is C16H22O. The van der Waals surface area contributed by atoms with E-state index >= 15 is 0 Å². The third kappa shape index (κ3) is 2.61. The first-order valence-corrected chi connectivity index (χ1v) is 6.62. The molecule has 0 saturated heterocycles. The van der Waals surface area contributed by atoms with Crippen LogP contribution in [0, 0.1) is 0 Å². The van der Waals surface area contributed by atoms with Gasteiger partial charge in [0.05, 0.1) is 5.60 Å². The lowest BCUT2D eigenvalue weighted by Gasteiger charge is -2.32. The summed E-state index contributed by atoms with van der Waals surface area (Å²) in [6.45, 7) is 4.17. The van der Waals surface area contributed by atoms with E-state index in [1.165, 1.54) is 17.6 Å². The van der Waals surface area contributed by atoms with Crippen molar-refractivity contribution < 1.29 is 5.11 Å². The maximum Gasteiger partial charge on any atom is 0.0896 e.